The van der Waals surface area contributed by atoms with Crippen molar-refractivity contribution in [3.63, 3.8) is 0 Å². The summed E-state index contributed by atoms with van der Waals surface area (Å²) in [6.45, 7) is 15.2. The van der Waals surface area contributed by atoms with Gasteiger partial charge in [0.25, 0.3) is 0 Å². The van der Waals surface area contributed by atoms with E-state index in [0.717, 1.165) is 116 Å². The molecule has 8 heteroatoms. The maximum absolute atomic E-state index is 12.8. The van der Waals surface area contributed by atoms with E-state index in [9.17, 15) is 19.2 Å². The average molecular weight is 960 g/mol. The van der Waals surface area contributed by atoms with Gasteiger partial charge in [-0.05, 0) is 88.9 Å². The van der Waals surface area contributed by atoms with Crippen LogP contribution >= 0.6 is 0 Å². The number of esters is 4. The summed E-state index contributed by atoms with van der Waals surface area (Å²) in [6.07, 6.45) is 48.1. The van der Waals surface area contributed by atoms with E-state index in [1.807, 2.05) is 0 Å². The number of hydrogen-bond acceptors (Lipinski definition) is 8. The predicted octanol–water partition coefficient (Wildman–Crippen LogP) is 17.7. The molecule has 0 heterocycles. The third-order valence-corrected chi connectivity index (χ3v) is 13.7. The van der Waals surface area contributed by atoms with Crippen molar-refractivity contribution >= 4 is 23.9 Å². The molecule has 0 amide bonds. The monoisotopic (exact) mass is 959 g/mol. The van der Waals surface area contributed by atoms with Crippen LogP contribution in [0.2, 0.25) is 0 Å². The smallest absolute Gasteiger partial charge is 0.305 e. The van der Waals surface area contributed by atoms with Crippen molar-refractivity contribution in [2.45, 2.75) is 286 Å². The molecule has 0 aliphatic rings. The number of ether oxygens (including phenoxy) is 4. The molecule has 4 unspecified atom stereocenters. The SMILES string of the molecule is CCCCCCC/C=C/C(CCCCCCCC(=O)OCC(CC)CCCC)COC(=O)CCCCC(=O)OCC(/C=C/CCCCCCC)CCCCCCCC(=O)OCC(CC)CCCC. The molecule has 8 nitrogen and oxygen atoms in total. The Labute approximate surface area is 420 Å². The first kappa shape index (κ1) is 65.4. The van der Waals surface area contributed by atoms with Gasteiger partial charge in [-0.15, -0.1) is 0 Å². The van der Waals surface area contributed by atoms with Gasteiger partial charge >= 0.3 is 23.9 Å². The van der Waals surface area contributed by atoms with Crippen LogP contribution < -0.4 is 0 Å². The van der Waals surface area contributed by atoms with E-state index in [1.54, 1.807) is 0 Å². The molecule has 0 aromatic heterocycles. The minimum Gasteiger partial charge on any atom is -0.465 e. The zero-order chi connectivity index (χ0) is 50.0. The van der Waals surface area contributed by atoms with Crippen LogP contribution in [0.3, 0.4) is 0 Å². The highest BCUT2D eigenvalue weighted by molar-refractivity contribution is 5.71. The Bertz CT molecular complexity index is 1120. The lowest BCUT2D eigenvalue weighted by Crippen LogP contribution is -2.14. The minimum absolute atomic E-state index is 0.0577. The van der Waals surface area contributed by atoms with Gasteiger partial charge in [0, 0.05) is 37.5 Å². The first-order valence-corrected chi connectivity index (χ1v) is 29.2. The number of unbranched alkanes of at least 4 members (excludes halogenated alkanes) is 21. The summed E-state index contributed by atoms with van der Waals surface area (Å²) < 4.78 is 22.7. The van der Waals surface area contributed by atoms with Gasteiger partial charge in [0.05, 0.1) is 26.4 Å². The third kappa shape index (κ3) is 44.6. The summed E-state index contributed by atoms with van der Waals surface area (Å²) in [5.41, 5.74) is 0. The Morgan fingerprint density at radius 2 is 0.618 bits per heavy atom. The van der Waals surface area contributed by atoms with Crippen molar-refractivity contribution in [2.75, 3.05) is 26.4 Å². The van der Waals surface area contributed by atoms with Gasteiger partial charge in [-0.2, -0.15) is 0 Å². The van der Waals surface area contributed by atoms with Crippen LogP contribution in [0.4, 0.5) is 0 Å². The van der Waals surface area contributed by atoms with Gasteiger partial charge in [0.1, 0.15) is 0 Å². The lowest BCUT2D eigenvalue weighted by molar-refractivity contribution is -0.146. The zero-order valence-corrected chi connectivity index (χ0v) is 45.6. The van der Waals surface area contributed by atoms with Crippen LogP contribution in [-0.4, -0.2) is 50.3 Å². The second-order valence-corrected chi connectivity index (χ2v) is 20.2. The van der Waals surface area contributed by atoms with Gasteiger partial charge in [-0.1, -0.05) is 207 Å². The van der Waals surface area contributed by atoms with Crippen LogP contribution in [0.5, 0.6) is 0 Å². The minimum atomic E-state index is -0.193. The van der Waals surface area contributed by atoms with Gasteiger partial charge in [-0.25, -0.2) is 0 Å². The molecule has 0 saturated carbocycles. The van der Waals surface area contributed by atoms with Crippen molar-refractivity contribution in [3.8, 4) is 0 Å². The zero-order valence-electron chi connectivity index (χ0n) is 45.6. The highest BCUT2D eigenvalue weighted by Gasteiger charge is 2.14. The van der Waals surface area contributed by atoms with Crippen molar-refractivity contribution in [1.29, 1.82) is 0 Å². The third-order valence-electron chi connectivity index (χ3n) is 13.7. The highest BCUT2D eigenvalue weighted by Crippen LogP contribution is 2.20. The van der Waals surface area contributed by atoms with Crippen molar-refractivity contribution in [1.82, 2.24) is 0 Å². The summed E-state index contributed by atoms with van der Waals surface area (Å²) in [5, 5.41) is 0. The first-order valence-electron chi connectivity index (χ1n) is 29.2. The molecule has 0 saturated heterocycles. The second kappa shape index (κ2) is 50.7. The van der Waals surface area contributed by atoms with Gasteiger partial charge in [-0.3, -0.25) is 19.2 Å². The fraction of sp³-hybridized carbons (Fsp3) is 0.867. The van der Waals surface area contributed by atoms with Gasteiger partial charge in [0.2, 0.25) is 0 Å². The Kier molecular flexibility index (Phi) is 48.8. The van der Waals surface area contributed by atoms with Crippen LogP contribution in [0, 0.1) is 23.7 Å². The first-order chi connectivity index (χ1) is 33.2. The van der Waals surface area contributed by atoms with E-state index >= 15 is 0 Å². The largest absolute Gasteiger partial charge is 0.465 e. The van der Waals surface area contributed by atoms with Gasteiger partial charge in [0.15, 0.2) is 0 Å². The Balaban J connectivity index is 4.69. The van der Waals surface area contributed by atoms with E-state index < -0.39 is 0 Å². The number of rotatable bonds is 51. The molecule has 0 spiro atoms. The molecule has 0 radical (unpaired) electrons. The van der Waals surface area contributed by atoms with E-state index in [4.69, 9.17) is 18.9 Å². The van der Waals surface area contributed by atoms with E-state index in [0.29, 0.717) is 76.8 Å². The standard InChI is InChI=1S/C60H110O8/c1-7-13-17-19-21-25-31-41-55(43-33-27-23-29-35-45-57(61)65-49-53(11-5)39-15-9-3)51-67-59(63)47-37-38-48-60(64)68-52-56(42-32-26-22-20-18-14-8-2)44-34-28-24-30-36-46-58(62)66-50-54(12-6)40-16-10-4/h31-32,41-42,53-56H,7-30,33-40,43-52H2,1-6H3/b41-31+,42-32+. The summed E-state index contributed by atoms with van der Waals surface area (Å²) in [4.78, 5) is 50.2. The van der Waals surface area contributed by atoms with Crippen molar-refractivity contribution in [2.24, 2.45) is 23.7 Å². The Hall–Kier alpha value is -2.64. The Morgan fingerprint density at radius 1 is 0.324 bits per heavy atom. The fourth-order valence-corrected chi connectivity index (χ4v) is 8.64. The fourth-order valence-electron chi connectivity index (χ4n) is 8.64. The molecule has 0 aliphatic heterocycles. The number of carbonyl (C=O) groups is 4. The molecule has 0 aliphatic carbocycles. The maximum atomic E-state index is 12.8. The lowest BCUT2D eigenvalue weighted by Gasteiger charge is -2.15. The maximum Gasteiger partial charge on any atom is 0.305 e. The molecule has 0 aromatic rings. The van der Waals surface area contributed by atoms with Crippen LogP contribution in [-0.2, 0) is 38.1 Å². The quantitative estimate of drug-likeness (QED) is 0.0257. The molecule has 0 rings (SSSR count). The highest BCUT2D eigenvalue weighted by atomic mass is 16.5. The molecular formula is C60H110O8. The summed E-state index contributed by atoms with van der Waals surface area (Å²) in [5.74, 6) is 0.875. The molecule has 0 fully saturated rings. The lowest BCUT2D eigenvalue weighted by atomic mass is 9.99. The summed E-state index contributed by atoms with van der Waals surface area (Å²) in [7, 11) is 0. The van der Waals surface area contributed by atoms with E-state index in [-0.39, 0.29) is 35.7 Å². The molecule has 398 valence electrons. The predicted molar refractivity (Wildman–Crippen MR) is 286 cm³/mol. The molecule has 68 heavy (non-hydrogen) atoms. The molecule has 4 atom stereocenters. The Morgan fingerprint density at radius 3 is 0.971 bits per heavy atom. The molecule has 0 aromatic carbocycles. The molecule has 0 N–H and O–H groups in total. The van der Waals surface area contributed by atoms with Crippen LogP contribution in [0.25, 0.3) is 0 Å². The summed E-state index contributed by atoms with van der Waals surface area (Å²) in [6, 6.07) is 0. The molecular weight excluding hydrogens is 849 g/mol. The number of hydrogen-bond donors (Lipinski definition) is 0. The van der Waals surface area contributed by atoms with Crippen molar-refractivity contribution < 1.29 is 38.1 Å². The topological polar surface area (TPSA) is 105 Å². The van der Waals surface area contributed by atoms with Crippen LogP contribution in [0.15, 0.2) is 24.3 Å². The number of allylic oxidation sites excluding steroid dienone is 2. The second-order valence-electron chi connectivity index (χ2n) is 20.2. The van der Waals surface area contributed by atoms with Crippen LogP contribution in [0.1, 0.15) is 286 Å². The van der Waals surface area contributed by atoms with E-state index in [2.05, 4.69) is 65.8 Å². The normalized spacial score (nSPS) is 13.4. The average Bonchev–Trinajstić information content (AvgIpc) is 3.34. The van der Waals surface area contributed by atoms with E-state index in [1.165, 1.54) is 89.9 Å². The number of carbonyl (C=O) groups excluding carboxylic acids is 4. The summed E-state index contributed by atoms with van der Waals surface area (Å²) >= 11 is 0. The van der Waals surface area contributed by atoms with Crippen molar-refractivity contribution in [3.05, 3.63) is 24.3 Å². The van der Waals surface area contributed by atoms with Gasteiger partial charge < -0.3 is 18.9 Å². The molecule has 0 bridgehead atoms.